The summed E-state index contributed by atoms with van der Waals surface area (Å²) in [4.78, 5) is 12.3. The van der Waals surface area contributed by atoms with Crippen LogP contribution in [-0.2, 0) is 21.4 Å². The lowest BCUT2D eigenvalue weighted by Crippen LogP contribution is -2.37. The van der Waals surface area contributed by atoms with Crippen LogP contribution in [0.1, 0.15) is 11.1 Å². The van der Waals surface area contributed by atoms with E-state index in [1.54, 1.807) is 36.4 Å². The summed E-state index contributed by atoms with van der Waals surface area (Å²) in [5.41, 5.74) is 1.97. The normalized spacial score (nSPS) is 11.6. The van der Waals surface area contributed by atoms with Crippen molar-refractivity contribution >= 4 is 56.4 Å². The maximum absolute atomic E-state index is 12.3. The first-order chi connectivity index (χ1) is 12.1. The van der Waals surface area contributed by atoms with Gasteiger partial charge in [0.2, 0.25) is 15.9 Å². The van der Waals surface area contributed by atoms with E-state index in [1.165, 1.54) is 0 Å². The van der Waals surface area contributed by atoms with Gasteiger partial charge in [-0.3, -0.25) is 4.79 Å². The Bertz CT molecular complexity index is 933. The average Bonchev–Trinajstić information content (AvgIpc) is 2.53. The van der Waals surface area contributed by atoms with Crippen molar-refractivity contribution in [2.24, 2.45) is 0 Å². The fourth-order valence-corrected chi connectivity index (χ4v) is 3.44. The number of carbonyl (C=O) groups is 1. The number of aryl methyl sites for hydroxylation is 1. The number of hydrogen-bond acceptors (Lipinski definition) is 3. The van der Waals surface area contributed by atoms with Crippen LogP contribution in [0.25, 0.3) is 0 Å². The van der Waals surface area contributed by atoms with Crippen molar-refractivity contribution in [2.45, 2.75) is 13.5 Å². The standard InChI is InChI=1S/C17H17Cl3N2O3S/c1-11-3-5-13(18)8-16(11)21-17(23)10-22(26(2,24)25)9-12-4-6-14(19)15(20)7-12/h3-8H,9-10H2,1-2H3,(H,21,23). The van der Waals surface area contributed by atoms with E-state index in [0.29, 0.717) is 26.3 Å². The SMILES string of the molecule is Cc1ccc(Cl)cc1NC(=O)CN(Cc1ccc(Cl)c(Cl)c1)S(C)(=O)=O. The highest BCUT2D eigenvalue weighted by molar-refractivity contribution is 7.88. The molecule has 0 saturated heterocycles. The number of halogens is 3. The molecule has 2 aromatic carbocycles. The van der Waals surface area contributed by atoms with E-state index < -0.39 is 15.9 Å². The van der Waals surface area contributed by atoms with E-state index in [2.05, 4.69) is 5.32 Å². The van der Waals surface area contributed by atoms with E-state index in [1.807, 2.05) is 6.92 Å². The maximum Gasteiger partial charge on any atom is 0.239 e. The van der Waals surface area contributed by atoms with Crippen molar-refractivity contribution in [3.63, 3.8) is 0 Å². The van der Waals surface area contributed by atoms with Crippen molar-refractivity contribution in [1.82, 2.24) is 4.31 Å². The number of amides is 1. The van der Waals surface area contributed by atoms with Crippen LogP contribution in [-0.4, -0.2) is 31.4 Å². The number of carbonyl (C=O) groups excluding carboxylic acids is 1. The first kappa shape index (κ1) is 21.0. The number of benzene rings is 2. The molecule has 0 aliphatic carbocycles. The molecular weight excluding hydrogens is 419 g/mol. The average molecular weight is 436 g/mol. The van der Waals surface area contributed by atoms with Gasteiger partial charge in [-0.25, -0.2) is 8.42 Å². The number of nitrogens with zero attached hydrogens (tertiary/aromatic N) is 1. The molecule has 2 rings (SSSR count). The van der Waals surface area contributed by atoms with Crippen molar-refractivity contribution in [2.75, 3.05) is 18.1 Å². The van der Waals surface area contributed by atoms with Gasteiger partial charge in [0.1, 0.15) is 0 Å². The van der Waals surface area contributed by atoms with Crippen LogP contribution in [0.3, 0.4) is 0 Å². The van der Waals surface area contributed by atoms with E-state index in [9.17, 15) is 13.2 Å². The van der Waals surface area contributed by atoms with Gasteiger partial charge in [0.15, 0.2) is 0 Å². The molecule has 5 nitrogen and oxygen atoms in total. The second-order valence-electron chi connectivity index (χ2n) is 5.79. The Morgan fingerprint density at radius 2 is 1.77 bits per heavy atom. The fourth-order valence-electron chi connectivity index (χ4n) is 2.21. The molecule has 2 aromatic rings. The summed E-state index contributed by atoms with van der Waals surface area (Å²) in [6.07, 6.45) is 1.04. The second-order valence-corrected chi connectivity index (χ2v) is 9.02. The van der Waals surface area contributed by atoms with Crippen LogP contribution in [0.5, 0.6) is 0 Å². The zero-order valence-corrected chi connectivity index (χ0v) is 17.2. The summed E-state index contributed by atoms with van der Waals surface area (Å²) in [5.74, 6) is -0.471. The van der Waals surface area contributed by atoms with Crippen molar-refractivity contribution in [3.8, 4) is 0 Å². The minimum absolute atomic E-state index is 0.00231. The molecule has 0 heterocycles. The largest absolute Gasteiger partial charge is 0.325 e. The monoisotopic (exact) mass is 434 g/mol. The minimum atomic E-state index is -3.62. The molecule has 0 aliphatic rings. The molecule has 0 unspecified atom stereocenters. The van der Waals surface area contributed by atoms with Gasteiger partial charge in [-0.2, -0.15) is 4.31 Å². The summed E-state index contributed by atoms with van der Waals surface area (Å²) < 4.78 is 25.2. The van der Waals surface area contributed by atoms with E-state index in [4.69, 9.17) is 34.8 Å². The summed E-state index contributed by atoms with van der Waals surface area (Å²) in [6.45, 7) is 1.47. The molecule has 140 valence electrons. The highest BCUT2D eigenvalue weighted by Crippen LogP contribution is 2.24. The highest BCUT2D eigenvalue weighted by Gasteiger charge is 2.21. The van der Waals surface area contributed by atoms with Crippen molar-refractivity contribution in [3.05, 3.63) is 62.6 Å². The van der Waals surface area contributed by atoms with E-state index in [0.717, 1.165) is 16.1 Å². The Labute approximate surface area is 167 Å². The fraction of sp³-hybridized carbons (Fsp3) is 0.235. The molecule has 26 heavy (non-hydrogen) atoms. The quantitative estimate of drug-likeness (QED) is 0.733. The summed E-state index contributed by atoms with van der Waals surface area (Å²) in [6, 6.07) is 9.89. The third-order valence-corrected chi connectivity index (χ3v) is 5.78. The number of rotatable bonds is 6. The topological polar surface area (TPSA) is 66.5 Å². The van der Waals surface area contributed by atoms with E-state index >= 15 is 0 Å². The predicted octanol–water partition coefficient (Wildman–Crippen LogP) is 4.36. The van der Waals surface area contributed by atoms with Gasteiger partial charge in [-0.15, -0.1) is 0 Å². The molecule has 0 spiro atoms. The molecule has 0 bridgehead atoms. The lowest BCUT2D eigenvalue weighted by molar-refractivity contribution is -0.116. The molecule has 0 aliphatic heterocycles. The summed E-state index contributed by atoms with van der Waals surface area (Å²) >= 11 is 17.8. The molecule has 0 radical (unpaired) electrons. The molecule has 0 aromatic heterocycles. The van der Waals surface area contributed by atoms with Gasteiger partial charge in [0.25, 0.3) is 0 Å². The Morgan fingerprint density at radius 3 is 2.38 bits per heavy atom. The van der Waals surface area contributed by atoms with Gasteiger partial charge in [-0.05, 0) is 42.3 Å². The zero-order chi connectivity index (χ0) is 19.5. The first-order valence-corrected chi connectivity index (χ1v) is 10.5. The number of nitrogens with one attached hydrogen (secondary N) is 1. The number of hydrogen-bond donors (Lipinski definition) is 1. The van der Waals surface area contributed by atoms with Gasteiger partial charge >= 0.3 is 0 Å². The van der Waals surface area contributed by atoms with Gasteiger partial charge in [-0.1, -0.05) is 46.9 Å². The molecule has 0 fully saturated rings. The van der Waals surface area contributed by atoms with Crippen LogP contribution in [0.2, 0.25) is 15.1 Å². The van der Waals surface area contributed by atoms with Gasteiger partial charge < -0.3 is 5.32 Å². The molecular formula is C17H17Cl3N2O3S. The number of anilines is 1. The van der Waals surface area contributed by atoms with Crippen LogP contribution >= 0.6 is 34.8 Å². The predicted molar refractivity (Wildman–Crippen MR) is 107 cm³/mol. The van der Waals surface area contributed by atoms with Crippen LogP contribution in [0, 0.1) is 6.92 Å². The molecule has 1 N–H and O–H groups in total. The third-order valence-electron chi connectivity index (χ3n) is 3.61. The third kappa shape index (κ3) is 5.86. The Morgan fingerprint density at radius 1 is 1.08 bits per heavy atom. The number of sulfonamides is 1. The Kier molecular flexibility index (Phi) is 6.93. The minimum Gasteiger partial charge on any atom is -0.325 e. The van der Waals surface area contributed by atoms with Gasteiger partial charge in [0, 0.05) is 17.3 Å². The Balaban J connectivity index is 2.16. The van der Waals surface area contributed by atoms with Gasteiger partial charge in [0.05, 0.1) is 22.8 Å². The highest BCUT2D eigenvalue weighted by atomic mass is 35.5. The summed E-state index contributed by atoms with van der Waals surface area (Å²) in [5, 5.41) is 3.84. The lowest BCUT2D eigenvalue weighted by Gasteiger charge is -2.20. The summed E-state index contributed by atoms with van der Waals surface area (Å²) in [7, 11) is -3.62. The van der Waals surface area contributed by atoms with Crippen LogP contribution in [0.15, 0.2) is 36.4 Å². The maximum atomic E-state index is 12.3. The van der Waals surface area contributed by atoms with Crippen LogP contribution < -0.4 is 5.32 Å². The molecule has 0 saturated carbocycles. The lowest BCUT2D eigenvalue weighted by atomic mass is 10.2. The molecule has 1 amide bonds. The van der Waals surface area contributed by atoms with E-state index in [-0.39, 0.29) is 13.1 Å². The van der Waals surface area contributed by atoms with Crippen molar-refractivity contribution in [1.29, 1.82) is 0 Å². The smallest absolute Gasteiger partial charge is 0.239 e. The Hall–Kier alpha value is -1.31. The molecule has 9 heteroatoms. The zero-order valence-electron chi connectivity index (χ0n) is 14.1. The van der Waals surface area contributed by atoms with Crippen LogP contribution in [0.4, 0.5) is 5.69 Å². The molecule has 0 atom stereocenters. The van der Waals surface area contributed by atoms with Crippen molar-refractivity contribution < 1.29 is 13.2 Å². The second kappa shape index (κ2) is 8.59. The first-order valence-electron chi connectivity index (χ1n) is 7.51.